The molecule has 0 aliphatic carbocycles. The fraction of sp³-hybridized carbons (Fsp3) is 1.00. The molecule has 0 amide bonds. The Morgan fingerprint density at radius 2 is 1.89 bits per heavy atom. The Labute approximate surface area is 106 Å². The average molecular weight is 272 g/mol. The molecule has 0 fully saturated rings. The first kappa shape index (κ1) is 17.6. The second kappa shape index (κ2) is 7.93. The van der Waals surface area contributed by atoms with Crippen molar-refractivity contribution in [2.45, 2.75) is 25.1 Å². The minimum absolute atomic E-state index is 0.0579. The highest BCUT2D eigenvalue weighted by Crippen LogP contribution is 2.14. The van der Waals surface area contributed by atoms with Crippen molar-refractivity contribution in [1.29, 1.82) is 0 Å². The molecule has 1 unspecified atom stereocenters. The van der Waals surface area contributed by atoms with Gasteiger partial charge < -0.3 is 20.1 Å². The van der Waals surface area contributed by atoms with E-state index in [1.54, 1.807) is 6.92 Å². The highest BCUT2D eigenvalue weighted by molar-refractivity contribution is 4.77. The van der Waals surface area contributed by atoms with Gasteiger partial charge in [-0.05, 0) is 34.0 Å². The largest absolute Gasteiger partial charge is 0.411 e. The SMILES string of the molecule is CN(C)CC(C)(O)CNCCCOCC(F)(F)F. The lowest BCUT2D eigenvalue weighted by atomic mass is 10.1. The van der Waals surface area contributed by atoms with Gasteiger partial charge in [-0.25, -0.2) is 0 Å². The molecular weight excluding hydrogens is 249 g/mol. The number of halogens is 3. The number of ether oxygens (including phenoxy) is 1. The summed E-state index contributed by atoms with van der Waals surface area (Å²) in [5.41, 5.74) is -0.851. The molecule has 1 atom stereocenters. The highest BCUT2D eigenvalue weighted by atomic mass is 19.4. The first-order valence-corrected chi connectivity index (χ1v) is 5.85. The van der Waals surface area contributed by atoms with Gasteiger partial charge in [-0.1, -0.05) is 0 Å². The van der Waals surface area contributed by atoms with Crippen LogP contribution in [-0.4, -0.2) is 68.7 Å². The van der Waals surface area contributed by atoms with E-state index in [0.29, 0.717) is 26.1 Å². The minimum atomic E-state index is -4.26. The van der Waals surface area contributed by atoms with Gasteiger partial charge in [0.05, 0.1) is 5.60 Å². The highest BCUT2D eigenvalue weighted by Gasteiger charge is 2.27. The molecule has 18 heavy (non-hydrogen) atoms. The smallest absolute Gasteiger partial charge is 0.388 e. The molecule has 4 nitrogen and oxygen atoms in total. The monoisotopic (exact) mass is 272 g/mol. The summed E-state index contributed by atoms with van der Waals surface area (Å²) >= 11 is 0. The number of aliphatic hydroxyl groups is 1. The van der Waals surface area contributed by atoms with E-state index in [4.69, 9.17) is 0 Å². The molecule has 0 saturated carbocycles. The molecule has 0 rings (SSSR count). The molecule has 0 aromatic heterocycles. The fourth-order valence-corrected chi connectivity index (χ4v) is 1.58. The second-order valence-corrected chi connectivity index (χ2v) is 4.93. The molecule has 0 saturated heterocycles. The Balaban J connectivity index is 3.45. The van der Waals surface area contributed by atoms with E-state index < -0.39 is 18.4 Å². The van der Waals surface area contributed by atoms with Crippen LogP contribution >= 0.6 is 0 Å². The summed E-state index contributed by atoms with van der Waals surface area (Å²) in [6.45, 7) is 1.99. The number of likely N-dealkylation sites (N-methyl/N-ethyl adjacent to an activating group) is 1. The van der Waals surface area contributed by atoms with E-state index in [0.717, 1.165) is 0 Å². The molecule has 0 aromatic carbocycles. The van der Waals surface area contributed by atoms with Crippen LogP contribution in [0.1, 0.15) is 13.3 Å². The van der Waals surface area contributed by atoms with E-state index in [1.807, 2.05) is 19.0 Å². The van der Waals surface area contributed by atoms with Crippen molar-refractivity contribution < 1.29 is 23.0 Å². The van der Waals surface area contributed by atoms with Crippen molar-refractivity contribution in [1.82, 2.24) is 10.2 Å². The lowest BCUT2D eigenvalue weighted by molar-refractivity contribution is -0.173. The fourth-order valence-electron chi connectivity index (χ4n) is 1.58. The number of nitrogens with one attached hydrogen (secondary N) is 1. The van der Waals surface area contributed by atoms with E-state index in [9.17, 15) is 18.3 Å². The van der Waals surface area contributed by atoms with Crippen molar-refractivity contribution in [2.24, 2.45) is 0 Å². The van der Waals surface area contributed by atoms with Gasteiger partial charge >= 0.3 is 6.18 Å². The maximum atomic E-state index is 11.7. The molecule has 0 aliphatic rings. The third-order valence-electron chi connectivity index (χ3n) is 2.07. The Bertz CT molecular complexity index is 221. The van der Waals surface area contributed by atoms with E-state index in [2.05, 4.69) is 10.1 Å². The molecular formula is C11H23F3N2O2. The van der Waals surface area contributed by atoms with Gasteiger partial charge in [0.1, 0.15) is 6.61 Å². The summed E-state index contributed by atoms with van der Waals surface area (Å²) in [7, 11) is 3.72. The number of rotatable bonds is 9. The Morgan fingerprint density at radius 3 is 2.39 bits per heavy atom. The van der Waals surface area contributed by atoms with Crippen molar-refractivity contribution in [3.8, 4) is 0 Å². The van der Waals surface area contributed by atoms with Gasteiger partial charge in [-0.15, -0.1) is 0 Å². The quantitative estimate of drug-likeness (QED) is 0.611. The number of hydrogen-bond donors (Lipinski definition) is 2. The van der Waals surface area contributed by atoms with Crippen LogP contribution in [0.2, 0.25) is 0 Å². The van der Waals surface area contributed by atoms with Crippen LogP contribution in [0.4, 0.5) is 13.2 Å². The molecule has 0 bridgehead atoms. The number of hydrogen-bond acceptors (Lipinski definition) is 4. The Hall–Kier alpha value is -0.370. The molecule has 110 valence electrons. The van der Waals surface area contributed by atoms with Crippen molar-refractivity contribution in [3.05, 3.63) is 0 Å². The van der Waals surface area contributed by atoms with Gasteiger partial charge in [-0.3, -0.25) is 0 Å². The van der Waals surface area contributed by atoms with Crippen LogP contribution in [0.5, 0.6) is 0 Å². The van der Waals surface area contributed by atoms with Crippen molar-refractivity contribution in [3.63, 3.8) is 0 Å². The van der Waals surface area contributed by atoms with Gasteiger partial charge in [0.2, 0.25) is 0 Å². The topological polar surface area (TPSA) is 44.7 Å². The zero-order valence-electron chi connectivity index (χ0n) is 11.2. The van der Waals surface area contributed by atoms with Gasteiger partial charge in [0, 0.05) is 19.7 Å². The number of alkyl halides is 3. The van der Waals surface area contributed by atoms with E-state index in [1.165, 1.54) is 0 Å². The predicted molar refractivity (Wildman–Crippen MR) is 63.5 cm³/mol. The van der Waals surface area contributed by atoms with Crippen LogP contribution < -0.4 is 5.32 Å². The normalized spacial score (nSPS) is 16.0. The van der Waals surface area contributed by atoms with Crippen LogP contribution in [0.15, 0.2) is 0 Å². The second-order valence-electron chi connectivity index (χ2n) is 4.93. The third kappa shape index (κ3) is 12.1. The van der Waals surface area contributed by atoms with Gasteiger partial charge in [0.25, 0.3) is 0 Å². The Morgan fingerprint density at radius 1 is 1.28 bits per heavy atom. The lowest BCUT2D eigenvalue weighted by Crippen LogP contribution is -2.45. The van der Waals surface area contributed by atoms with Crippen LogP contribution in [-0.2, 0) is 4.74 Å². The molecule has 0 aliphatic heterocycles. The van der Waals surface area contributed by atoms with Crippen molar-refractivity contribution >= 4 is 0 Å². The van der Waals surface area contributed by atoms with E-state index >= 15 is 0 Å². The van der Waals surface area contributed by atoms with Gasteiger partial charge in [-0.2, -0.15) is 13.2 Å². The number of nitrogens with zero attached hydrogens (tertiary/aromatic N) is 1. The van der Waals surface area contributed by atoms with Crippen molar-refractivity contribution in [2.75, 3.05) is 46.9 Å². The minimum Gasteiger partial charge on any atom is -0.388 e. The van der Waals surface area contributed by atoms with Crippen LogP contribution in [0.25, 0.3) is 0 Å². The Kier molecular flexibility index (Phi) is 7.77. The lowest BCUT2D eigenvalue weighted by Gasteiger charge is -2.27. The molecule has 7 heteroatoms. The molecule has 2 N–H and O–H groups in total. The average Bonchev–Trinajstić information content (AvgIpc) is 2.12. The van der Waals surface area contributed by atoms with Gasteiger partial charge in [0.15, 0.2) is 0 Å². The van der Waals surface area contributed by atoms with Crippen LogP contribution in [0, 0.1) is 0 Å². The summed E-state index contributed by atoms with van der Waals surface area (Å²) < 4.78 is 39.7. The van der Waals surface area contributed by atoms with E-state index in [-0.39, 0.29) is 6.61 Å². The summed E-state index contributed by atoms with van der Waals surface area (Å²) in [6.07, 6.45) is -3.78. The first-order valence-electron chi connectivity index (χ1n) is 5.85. The third-order valence-corrected chi connectivity index (χ3v) is 2.07. The summed E-state index contributed by atoms with van der Waals surface area (Å²) in [6, 6.07) is 0. The standard InChI is InChI=1S/C11H23F3N2O2/c1-10(17,8-16(2)3)7-15-5-4-6-18-9-11(12,13)14/h15,17H,4-9H2,1-3H3. The predicted octanol–water partition coefficient (Wildman–Crippen LogP) is 0.858. The summed E-state index contributed by atoms with van der Waals surface area (Å²) in [5.74, 6) is 0. The maximum absolute atomic E-state index is 11.7. The zero-order valence-corrected chi connectivity index (χ0v) is 11.2. The maximum Gasteiger partial charge on any atom is 0.411 e. The molecule has 0 aromatic rings. The summed E-state index contributed by atoms with van der Waals surface area (Å²) in [5, 5.41) is 12.9. The molecule has 0 spiro atoms. The molecule has 0 radical (unpaired) electrons. The molecule has 0 heterocycles. The first-order chi connectivity index (χ1) is 8.12. The summed E-state index contributed by atoms with van der Waals surface area (Å²) in [4.78, 5) is 1.87. The zero-order chi connectivity index (χ0) is 14.2. The van der Waals surface area contributed by atoms with Crippen LogP contribution in [0.3, 0.4) is 0 Å².